The van der Waals surface area contributed by atoms with Crippen molar-refractivity contribution in [2.45, 2.75) is 27.2 Å². The second-order valence-electron chi connectivity index (χ2n) is 5.10. The molecule has 0 spiro atoms. The first-order valence-electron chi connectivity index (χ1n) is 6.30. The van der Waals surface area contributed by atoms with Gasteiger partial charge in [-0.25, -0.2) is 0 Å². The van der Waals surface area contributed by atoms with Crippen LogP contribution in [0.4, 0.5) is 0 Å². The molecule has 6 nitrogen and oxygen atoms in total. The molecule has 6 heteroatoms. The van der Waals surface area contributed by atoms with Crippen molar-refractivity contribution in [3.63, 3.8) is 0 Å². The molecule has 18 heavy (non-hydrogen) atoms. The maximum absolute atomic E-state index is 8.02. The number of ether oxygens (including phenoxy) is 3. The van der Waals surface area contributed by atoms with Gasteiger partial charge in [-0.1, -0.05) is 25.9 Å². The molecule has 0 aromatic rings. The van der Waals surface area contributed by atoms with Gasteiger partial charge in [0.2, 0.25) is 0 Å². The summed E-state index contributed by atoms with van der Waals surface area (Å²) in [6.07, 6.45) is 1.05. The zero-order valence-electron chi connectivity index (χ0n) is 11.7. The van der Waals surface area contributed by atoms with Gasteiger partial charge in [-0.05, 0) is 17.4 Å². The molecule has 0 saturated heterocycles. The summed E-state index contributed by atoms with van der Waals surface area (Å²) >= 11 is 0. The van der Waals surface area contributed by atoms with E-state index in [1.54, 1.807) is 0 Å². The van der Waals surface area contributed by atoms with Gasteiger partial charge in [0.25, 0.3) is 0 Å². The van der Waals surface area contributed by atoms with Crippen LogP contribution in [0.2, 0.25) is 0 Å². The fourth-order valence-electron chi connectivity index (χ4n) is 1.07. The van der Waals surface area contributed by atoms with E-state index in [0.717, 1.165) is 13.0 Å². The predicted octanol–water partition coefficient (Wildman–Crippen LogP) is 2.78. The third kappa shape index (κ3) is 15.2. The quantitative estimate of drug-likeness (QED) is 0.248. The number of nitrogens with zero attached hydrogens (tertiary/aromatic N) is 3. The molecule has 0 unspecified atom stereocenters. The highest BCUT2D eigenvalue weighted by Crippen LogP contribution is 2.17. The lowest BCUT2D eigenvalue weighted by molar-refractivity contribution is 0.0117. The van der Waals surface area contributed by atoms with E-state index in [9.17, 15) is 0 Å². The minimum absolute atomic E-state index is 0.320. The molecule has 0 atom stereocenters. The Morgan fingerprint density at radius 2 is 1.39 bits per heavy atom. The van der Waals surface area contributed by atoms with E-state index >= 15 is 0 Å². The maximum atomic E-state index is 8.02. The van der Waals surface area contributed by atoms with E-state index in [4.69, 9.17) is 19.7 Å². The average Bonchev–Trinajstić information content (AvgIpc) is 2.29. The van der Waals surface area contributed by atoms with E-state index in [1.165, 1.54) is 0 Å². The first kappa shape index (κ1) is 17.2. The molecule has 0 saturated carbocycles. The Balaban J connectivity index is 3.05. The number of azide groups is 1. The van der Waals surface area contributed by atoms with E-state index < -0.39 is 0 Å². The Morgan fingerprint density at radius 3 is 1.89 bits per heavy atom. The second-order valence-corrected chi connectivity index (χ2v) is 5.10. The molecule has 0 aliphatic carbocycles. The summed E-state index contributed by atoms with van der Waals surface area (Å²) in [5.41, 5.74) is 8.34. The molecule has 0 radical (unpaired) electrons. The highest BCUT2D eigenvalue weighted by molar-refractivity contribution is 4.59. The highest BCUT2D eigenvalue weighted by Gasteiger charge is 2.08. The minimum atomic E-state index is 0.320. The van der Waals surface area contributed by atoms with E-state index in [-0.39, 0.29) is 0 Å². The van der Waals surface area contributed by atoms with Gasteiger partial charge in [-0.15, -0.1) is 0 Å². The predicted molar refractivity (Wildman–Crippen MR) is 70.5 cm³/mol. The molecule has 0 aliphatic heterocycles. The van der Waals surface area contributed by atoms with Crippen LogP contribution in [0, 0.1) is 5.41 Å². The van der Waals surface area contributed by atoms with Gasteiger partial charge >= 0.3 is 0 Å². The SMILES string of the molecule is CC(C)(C)CCOCCOCCOCCN=[N+]=[N-]. The lowest BCUT2D eigenvalue weighted by Crippen LogP contribution is -2.13. The van der Waals surface area contributed by atoms with Gasteiger partial charge in [0.15, 0.2) is 0 Å². The Labute approximate surface area is 109 Å². The molecule has 0 aromatic heterocycles. The zero-order chi connectivity index (χ0) is 13.7. The summed E-state index contributed by atoms with van der Waals surface area (Å²) in [5.74, 6) is 0. The van der Waals surface area contributed by atoms with Crippen molar-refractivity contribution in [3.05, 3.63) is 10.4 Å². The fourth-order valence-corrected chi connectivity index (χ4v) is 1.07. The average molecular weight is 259 g/mol. The van der Waals surface area contributed by atoms with Crippen molar-refractivity contribution in [2.75, 3.05) is 46.2 Å². The summed E-state index contributed by atoms with van der Waals surface area (Å²) in [6, 6.07) is 0. The molecule has 0 heterocycles. The standard InChI is InChI=1S/C12H25N3O3/c1-12(2,3)4-6-16-8-10-18-11-9-17-7-5-14-15-13/h4-11H2,1-3H3. The summed E-state index contributed by atoms with van der Waals surface area (Å²) in [7, 11) is 0. The van der Waals surface area contributed by atoms with Crippen molar-refractivity contribution in [1.29, 1.82) is 0 Å². The molecular formula is C12H25N3O3. The van der Waals surface area contributed by atoms with Gasteiger partial charge in [-0.2, -0.15) is 0 Å². The molecule has 0 N–H and O–H groups in total. The van der Waals surface area contributed by atoms with E-state index in [2.05, 4.69) is 30.8 Å². The molecule has 0 bridgehead atoms. The van der Waals surface area contributed by atoms with Gasteiger partial charge in [0.05, 0.1) is 33.0 Å². The van der Waals surface area contributed by atoms with Crippen LogP contribution < -0.4 is 0 Å². The van der Waals surface area contributed by atoms with Crippen molar-refractivity contribution in [1.82, 2.24) is 0 Å². The smallest absolute Gasteiger partial charge is 0.0701 e. The Morgan fingerprint density at radius 1 is 0.889 bits per heavy atom. The Bertz CT molecular complexity index is 235. The van der Waals surface area contributed by atoms with Gasteiger partial charge in [0, 0.05) is 18.1 Å². The first-order chi connectivity index (χ1) is 8.56. The number of rotatable bonds is 11. The van der Waals surface area contributed by atoms with Crippen LogP contribution in [-0.4, -0.2) is 46.2 Å². The van der Waals surface area contributed by atoms with Crippen molar-refractivity contribution < 1.29 is 14.2 Å². The van der Waals surface area contributed by atoms with Crippen molar-refractivity contribution in [3.8, 4) is 0 Å². The second kappa shape index (κ2) is 11.3. The Kier molecular flexibility index (Phi) is 10.8. The lowest BCUT2D eigenvalue weighted by atomic mass is 9.93. The van der Waals surface area contributed by atoms with Crippen LogP contribution in [0.25, 0.3) is 10.4 Å². The van der Waals surface area contributed by atoms with E-state index in [0.29, 0.717) is 45.0 Å². The first-order valence-corrected chi connectivity index (χ1v) is 6.30. The van der Waals surface area contributed by atoms with Crippen LogP contribution in [0.3, 0.4) is 0 Å². The molecular weight excluding hydrogens is 234 g/mol. The molecule has 0 rings (SSSR count). The number of hydrogen-bond donors (Lipinski definition) is 0. The maximum Gasteiger partial charge on any atom is 0.0701 e. The summed E-state index contributed by atoms with van der Waals surface area (Å²) in [5, 5.41) is 3.35. The minimum Gasteiger partial charge on any atom is -0.379 e. The van der Waals surface area contributed by atoms with Crippen LogP contribution in [0.5, 0.6) is 0 Å². The van der Waals surface area contributed by atoms with Crippen LogP contribution in [0.15, 0.2) is 5.11 Å². The molecule has 0 aromatic carbocycles. The van der Waals surface area contributed by atoms with Gasteiger partial charge in [-0.3, -0.25) is 0 Å². The summed E-state index contributed by atoms with van der Waals surface area (Å²) in [6.45, 7) is 10.4. The highest BCUT2D eigenvalue weighted by atomic mass is 16.5. The van der Waals surface area contributed by atoms with Gasteiger partial charge < -0.3 is 14.2 Å². The third-order valence-corrected chi connectivity index (χ3v) is 2.14. The van der Waals surface area contributed by atoms with E-state index in [1.807, 2.05) is 0 Å². The Hall–Kier alpha value is -0.810. The molecule has 106 valence electrons. The van der Waals surface area contributed by atoms with Crippen LogP contribution in [0.1, 0.15) is 27.2 Å². The molecule has 0 aliphatic rings. The number of hydrogen-bond acceptors (Lipinski definition) is 4. The van der Waals surface area contributed by atoms with Gasteiger partial charge in [0.1, 0.15) is 0 Å². The van der Waals surface area contributed by atoms with Crippen LogP contribution >= 0.6 is 0 Å². The molecule has 0 fully saturated rings. The monoisotopic (exact) mass is 259 g/mol. The fraction of sp³-hybridized carbons (Fsp3) is 1.00. The lowest BCUT2D eigenvalue weighted by Gasteiger charge is -2.17. The largest absolute Gasteiger partial charge is 0.379 e. The third-order valence-electron chi connectivity index (χ3n) is 2.14. The van der Waals surface area contributed by atoms with Crippen molar-refractivity contribution >= 4 is 0 Å². The van der Waals surface area contributed by atoms with Crippen LogP contribution in [-0.2, 0) is 14.2 Å². The molecule has 0 amide bonds. The topological polar surface area (TPSA) is 76.5 Å². The van der Waals surface area contributed by atoms with Crippen molar-refractivity contribution in [2.24, 2.45) is 10.5 Å². The summed E-state index contributed by atoms with van der Waals surface area (Å²) in [4.78, 5) is 2.63. The summed E-state index contributed by atoms with van der Waals surface area (Å²) < 4.78 is 15.9. The zero-order valence-corrected chi connectivity index (χ0v) is 11.7. The normalized spacial score (nSPS) is 11.3.